The van der Waals surface area contributed by atoms with Crippen LogP contribution in [0.1, 0.15) is 99.5 Å². The first-order valence-electron chi connectivity index (χ1n) is 12.9. The summed E-state index contributed by atoms with van der Waals surface area (Å²) in [5.74, 6) is 3.23. The van der Waals surface area contributed by atoms with Gasteiger partial charge in [-0.2, -0.15) is 8.78 Å². The van der Waals surface area contributed by atoms with E-state index in [-0.39, 0.29) is 0 Å². The van der Waals surface area contributed by atoms with Crippen LogP contribution in [0, 0.1) is 51.4 Å². The summed E-state index contributed by atoms with van der Waals surface area (Å²) < 4.78 is 34.9. The molecule has 0 heterocycles. The van der Waals surface area contributed by atoms with Gasteiger partial charge in [-0.3, -0.25) is 0 Å². The largest absolute Gasteiger partial charge is 0.429 e. The van der Waals surface area contributed by atoms with Gasteiger partial charge in [0.15, 0.2) is 0 Å². The Balaban J connectivity index is 1.69. The third kappa shape index (κ3) is 6.35. The monoisotopic (exact) mass is 446 g/mol. The topological polar surface area (TPSA) is 9.23 Å². The third-order valence-electron chi connectivity index (χ3n) is 8.49. The Morgan fingerprint density at radius 3 is 1.72 bits per heavy atom. The fourth-order valence-corrected chi connectivity index (χ4v) is 5.77. The van der Waals surface area contributed by atoms with Crippen LogP contribution in [-0.4, -0.2) is 6.11 Å². The summed E-state index contributed by atoms with van der Waals surface area (Å²) in [6.45, 7) is 12.7. The van der Waals surface area contributed by atoms with Gasteiger partial charge in [0.1, 0.15) is 5.75 Å². The summed E-state index contributed by atoms with van der Waals surface area (Å²) in [4.78, 5) is 0. The number of benzene rings is 1. The number of hydrogen-bond donors (Lipinski definition) is 0. The molecule has 0 radical (unpaired) electrons. The highest BCUT2D eigenvalue weighted by molar-refractivity contribution is 5.54. The van der Waals surface area contributed by atoms with Crippen molar-refractivity contribution in [3.05, 3.63) is 40.0 Å². The molecule has 3 heteroatoms. The van der Waals surface area contributed by atoms with E-state index in [1.807, 2.05) is 13.8 Å². The number of hydrogen-bond acceptors (Lipinski definition) is 1. The first kappa shape index (κ1) is 25.2. The molecule has 1 nitrogen and oxygen atoms in total. The van der Waals surface area contributed by atoms with Crippen molar-refractivity contribution in [3.8, 4) is 5.75 Å². The molecule has 2 aliphatic rings. The molecule has 0 aliphatic heterocycles. The smallest absolute Gasteiger partial charge is 0.419 e. The van der Waals surface area contributed by atoms with Crippen LogP contribution >= 0.6 is 0 Å². The van der Waals surface area contributed by atoms with Gasteiger partial charge in [-0.1, -0.05) is 45.6 Å². The molecule has 2 saturated carbocycles. The Bertz CT molecular complexity index is 765. The SMILES string of the molecule is Cc1c(C)c(OC(F)(F)/C=C/CC2CCC(C)CC2)c(C)c(C)c1CC1CCC(C)CC1. The van der Waals surface area contributed by atoms with E-state index in [9.17, 15) is 8.78 Å². The van der Waals surface area contributed by atoms with Crippen LogP contribution in [0.25, 0.3) is 0 Å². The molecule has 1 aromatic carbocycles. The van der Waals surface area contributed by atoms with Gasteiger partial charge < -0.3 is 4.74 Å². The van der Waals surface area contributed by atoms with Crippen molar-refractivity contribution >= 4 is 0 Å². The Hall–Kier alpha value is -1.38. The molecule has 0 atom stereocenters. The molecule has 32 heavy (non-hydrogen) atoms. The number of halogens is 2. The third-order valence-corrected chi connectivity index (χ3v) is 8.49. The summed E-state index contributed by atoms with van der Waals surface area (Å²) in [7, 11) is 0. The fourth-order valence-electron chi connectivity index (χ4n) is 5.77. The lowest BCUT2D eigenvalue weighted by molar-refractivity contribution is -0.132. The van der Waals surface area contributed by atoms with Gasteiger partial charge in [0.2, 0.25) is 0 Å². The second-order valence-electron chi connectivity index (χ2n) is 11.1. The van der Waals surface area contributed by atoms with Crippen LogP contribution in [0.2, 0.25) is 0 Å². The van der Waals surface area contributed by atoms with Crippen molar-refractivity contribution in [3.63, 3.8) is 0 Å². The maximum Gasteiger partial charge on any atom is 0.419 e. The zero-order valence-corrected chi connectivity index (χ0v) is 21.2. The van der Waals surface area contributed by atoms with E-state index in [1.165, 1.54) is 44.1 Å². The minimum Gasteiger partial charge on any atom is -0.429 e. The van der Waals surface area contributed by atoms with Crippen LogP contribution in [0.3, 0.4) is 0 Å². The number of rotatable bonds is 7. The molecule has 0 spiro atoms. The highest BCUT2D eigenvalue weighted by atomic mass is 19.3. The van der Waals surface area contributed by atoms with Crippen LogP contribution in [0.4, 0.5) is 8.78 Å². The minimum atomic E-state index is -3.28. The van der Waals surface area contributed by atoms with E-state index < -0.39 is 6.11 Å². The predicted octanol–water partition coefficient (Wildman–Crippen LogP) is 9.03. The van der Waals surface area contributed by atoms with Gasteiger partial charge in [0.25, 0.3) is 0 Å². The molecule has 2 aliphatic carbocycles. The Kier molecular flexibility index (Phi) is 8.44. The zero-order chi connectivity index (χ0) is 23.5. The first-order valence-corrected chi connectivity index (χ1v) is 12.9. The Labute approximate surface area is 195 Å². The van der Waals surface area contributed by atoms with E-state index in [0.29, 0.717) is 17.6 Å². The lowest BCUT2D eigenvalue weighted by Gasteiger charge is -2.29. The predicted molar refractivity (Wildman–Crippen MR) is 131 cm³/mol. The van der Waals surface area contributed by atoms with E-state index >= 15 is 0 Å². The highest BCUT2D eigenvalue weighted by Crippen LogP contribution is 2.39. The average Bonchev–Trinajstić information content (AvgIpc) is 2.75. The normalized spacial score (nSPS) is 27.1. The number of alkyl halides is 2. The minimum absolute atomic E-state index is 0.363. The Morgan fingerprint density at radius 1 is 0.750 bits per heavy atom. The molecule has 0 amide bonds. The van der Waals surface area contributed by atoms with E-state index in [1.54, 1.807) is 6.08 Å². The van der Waals surface area contributed by atoms with E-state index in [4.69, 9.17) is 4.74 Å². The van der Waals surface area contributed by atoms with Crippen molar-refractivity contribution in [2.75, 3.05) is 0 Å². The maximum atomic E-state index is 14.8. The molecule has 3 rings (SSSR count). The van der Waals surface area contributed by atoms with Crippen LogP contribution in [0.15, 0.2) is 12.2 Å². The quantitative estimate of drug-likeness (QED) is 0.380. The van der Waals surface area contributed by atoms with Crippen molar-refractivity contribution in [1.29, 1.82) is 0 Å². The first-order chi connectivity index (χ1) is 15.1. The van der Waals surface area contributed by atoms with Crippen molar-refractivity contribution < 1.29 is 13.5 Å². The molecule has 2 fully saturated rings. The van der Waals surface area contributed by atoms with Crippen LogP contribution in [0.5, 0.6) is 5.75 Å². The molecule has 0 N–H and O–H groups in total. The molecule has 1 aromatic rings. The zero-order valence-electron chi connectivity index (χ0n) is 21.2. The number of allylic oxidation sites excluding steroid dienone is 1. The summed E-state index contributed by atoms with van der Waals surface area (Å²) in [5.41, 5.74) is 5.32. The molecular weight excluding hydrogens is 402 g/mol. The lowest BCUT2D eigenvalue weighted by Crippen LogP contribution is -2.23. The molecule has 180 valence electrons. The van der Waals surface area contributed by atoms with Crippen LogP contribution < -0.4 is 4.74 Å². The molecule has 0 bridgehead atoms. The molecule has 0 saturated heterocycles. The molecule has 0 unspecified atom stereocenters. The Morgan fingerprint density at radius 2 is 1.22 bits per heavy atom. The molecular formula is C29H44F2O. The summed E-state index contributed by atoms with van der Waals surface area (Å²) >= 11 is 0. The summed E-state index contributed by atoms with van der Waals surface area (Å²) in [6.07, 6.45) is 11.0. The summed E-state index contributed by atoms with van der Waals surface area (Å²) in [5, 5.41) is 0. The van der Waals surface area contributed by atoms with E-state index in [0.717, 1.165) is 65.8 Å². The summed E-state index contributed by atoms with van der Waals surface area (Å²) in [6, 6.07) is 0. The standard InChI is InChI=1S/C29H44F2O/c1-19-9-13-25(14-10-19)8-7-17-29(30,31)32-28-23(5)21(3)27(22(4)24(28)6)18-26-15-11-20(2)12-16-26/h7,17,19-20,25-26H,8-16,18H2,1-6H3/b17-7+. The van der Waals surface area contributed by atoms with Gasteiger partial charge in [0.05, 0.1) is 0 Å². The number of ether oxygens (including phenoxy) is 1. The van der Waals surface area contributed by atoms with Crippen LogP contribution in [-0.2, 0) is 6.42 Å². The van der Waals surface area contributed by atoms with Gasteiger partial charge in [-0.05, 0) is 118 Å². The van der Waals surface area contributed by atoms with Crippen molar-refractivity contribution in [2.24, 2.45) is 23.7 Å². The fraction of sp³-hybridized carbons (Fsp3) is 0.724. The van der Waals surface area contributed by atoms with Gasteiger partial charge in [-0.25, -0.2) is 0 Å². The average molecular weight is 447 g/mol. The van der Waals surface area contributed by atoms with Gasteiger partial charge >= 0.3 is 6.11 Å². The van der Waals surface area contributed by atoms with Crippen molar-refractivity contribution in [1.82, 2.24) is 0 Å². The highest BCUT2D eigenvalue weighted by Gasteiger charge is 2.31. The molecule has 0 aromatic heterocycles. The van der Waals surface area contributed by atoms with Crippen molar-refractivity contribution in [2.45, 2.75) is 112 Å². The lowest BCUT2D eigenvalue weighted by atomic mass is 9.78. The second-order valence-corrected chi connectivity index (χ2v) is 11.1. The van der Waals surface area contributed by atoms with E-state index in [2.05, 4.69) is 27.7 Å². The maximum absolute atomic E-state index is 14.8. The van der Waals surface area contributed by atoms with Gasteiger partial charge in [0, 0.05) is 6.08 Å². The second kappa shape index (κ2) is 10.7. The van der Waals surface area contributed by atoms with Gasteiger partial charge in [-0.15, -0.1) is 0 Å².